The molecule has 1 amide bonds. The van der Waals surface area contributed by atoms with Gasteiger partial charge in [0.2, 0.25) is 0 Å². The van der Waals surface area contributed by atoms with Crippen LogP contribution < -0.4 is 10.1 Å². The Morgan fingerprint density at radius 3 is 2.23 bits per heavy atom. The van der Waals surface area contributed by atoms with Gasteiger partial charge in [0.15, 0.2) is 0 Å². The first kappa shape index (κ1) is 29.9. The summed E-state index contributed by atoms with van der Waals surface area (Å²) in [5.41, 5.74) is -0.623. The smallest absolute Gasteiger partial charge is 0.406 e. The number of halogens is 9. The third-order valence-corrected chi connectivity index (χ3v) is 5.66. The van der Waals surface area contributed by atoms with Gasteiger partial charge < -0.3 is 15.0 Å². The maximum Gasteiger partial charge on any atom is 0.573 e. The Morgan fingerprint density at radius 2 is 1.64 bits per heavy atom. The molecule has 0 aliphatic carbocycles. The molecule has 5 nitrogen and oxygen atoms in total. The molecule has 3 aromatic rings. The van der Waals surface area contributed by atoms with E-state index in [0.29, 0.717) is 17.7 Å². The van der Waals surface area contributed by atoms with Crippen molar-refractivity contribution in [3.8, 4) is 5.75 Å². The molecule has 210 valence electrons. The van der Waals surface area contributed by atoms with Gasteiger partial charge in [-0.1, -0.05) is 48.0 Å². The third kappa shape index (κ3) is 7.71. The van der Waals surface area contributed by atoms with Crippen LogP contribution in [0.3, 0.4) is 0 Å². The summed E-state index contributed by atoms with van der Waals surface area (Å²) in [6.45, 7) is -0.310. The van der Waals surface area contributed by atoms with Crippen molar-refractivity contribution in [2.24, 2.45) is 0 Å². The fraction of sp³-hybridized carbons (Fsp3) is 0.280. The third-order valence-electron chi connectivity index (χ3n) is 5.46. The Morgan fingerprint density at radius 1 is 0.974 bits per heavy atom. The van der Waals surface area contributed by atoms with Crippen molar-refractivity contribution in [2.45, 2.75) is 31.4 Å². The van der Waals surface area contributed by atoms with Gasteiger partial charge in [0, 0.05) is 31.9 Å². The van der Waals surface area contributed by atoms with Crippen LogP contribution in [0.1, 0.15) is 27.0 Å². The maximum absolute atomic E-state index is 13.7. The zero-order valence-electron chi connectivity index (χ0n) is 20.0. The first-order valence-corrected chi connectivity index (χ1v) is 11.5. The summed E-state index contributed by atoms with van der Waals surface area (Å²) in [4.78, 5) is 18.7. The van der Waals surface area contributed by atoms with E-state index in [4.69, 9.17) is 11.6 Å². The molecular weight excluding hydrogens is 562 g/mol. The number of nitrogens with zero attached hydrogens (tertiary/aromatic N) is 2. The van der Waals surface area contributed by atoms with E-state index in [-0.39, 0.29) is 41.5 Å². The number of alkyl halides is 8. The molecule has 1 heterocycles. The number of ether oxygens (including phenoxy) is 1. The number of aromatic nitrogens is 1. The van der Waals surface area contributed by atoms with Gasteiger partial charge in [0.05, 0.1) is 10.6 Å². The second-order valence-corrected chi connectivity index (χ2v) is 8.68. The number of benzene rings is 2. The number of carbonyl (C=O) groups excluding carboxylic acids is 1. The number of anilines is 1. The molecule has 0 fully saturated rings. The molecule has 14 heteroatoms. The summed E-state index contributed by atoms with van der Waals surface area (Å²) < 4.78 is 107. The second kappa shape index (κ2) is 11.6. The van der Waals surface area contributed by atoms with Crippen LogP contribution in [0.4, 0.5) is 40.9 Å². The molecule has 0 bridgehead atoms. The maximum atomic E-state index is 13.7. The second-order valence-electron chi connectivity index (χ2n) is 8.24. The summed E-state index contributed by atoms with van der Waals surface area (Å²) in [5.74, 6) is -5.99. The van der Waals surface area contributed by atoms with Crippen molar-refractivity contribution in [2.75, 3.05) is 18.9 Å². The Balaban J connectivity index is 1.89. The van der Waals surface area contributed by atoms with Crippen molar-refractivity contribution in [1.82, 2.24) is 9.88 Å². The highest BCUT2D eigenvalue weighted by atomic mass is 35.5. The number of nitrogens with one attached hydrogen (secondary N) is 1. The van der Waals surface area contributed by atoms with Gasteiger partial charge in [-0.2, -0.15) is 22.0 Å². The fourth-order valence-electron chi connectivity index (χ4n) is 3.59. The predicted molar refractivity (Wildman–Crippen MR) is 127 cm³/mol. The highest BCUT2D eigenvalue weighted by molar-refractivity contribution is 6.31. The van der Waals surface area contributed by atoms with Gasteiger partial charge in [-0.3, -0.25) is 4.79 Å². The highest BCUT2D eigenvalue weighted by Crippen LogP contribution is 2.43. The van der Waals surface area contributed by atoms with Crippen LogP contribution in [-0.4, -0.2) is 41.9 Å². The molecule has 0 spiro atoms. The molecule has 1 aromatic heterocycles. The molecule has 0 atom stereocenters. The normalized spacial score (nSPS) is 12.3. The van der Waals surface area contributed by atoms with Crippen LogP contribution in [0.15, 0.2) is 60.8 Å². The summed E-state index contributed by atoms with van der Waals surface area (Å²) in [6, 6.07) is 9.72. The number of carbonyl (C=O) groups is 1. The standard InChI is InChI=1S/C25H20ClF8N3O2/c1-35-21-20(12-18(26)13-36-21)22(38)37(10-9-15-3-2-4-19(11-15)39-25(32,33)34)14-16-5-7-17(8-6-16)23(27,28)24(29,30)31/h2-8,11-13H,9-10,14H2,1H3,(H,35,36). The first-order chi connectivity index (χ1) is 18.1. The number of rotatable bonds is 9. The lowest BCUT2D eigenvalue weighted by Crippen LogP contribution is -2.34. The number of hydrogen-bond donors (Lipinski definition) is 1. The Hall–Kier alpha value is -3.61. The minimum atomic E-state index is -5.79. The van der Waals surface area contributed by atoms with Crippen LogP contribution in [-0.2, 0) is 18.9 Å². The lowest BCUT2D eigenvalue weighted by Gasteiger charge is -2.25. The lowest BCUT2D eigenvalue weighted by atomic mass is 10.0. The minimum Gasteiger partial charge on any atom is -0.406 e. The van der Waals surface area contributed by atoms with Crippen molar-refractivity contribution in [3.05, 3.63) is 88.1 Å². The molecule has 0 saturated heterocycles. The lowest BCUT2D eigenvalue weighted by molar-refractivity contribution is -0.289. The average Bonchev–Trinajstić information content (AvgIpc) is 2.85. The Kier molecular flexibility index (Phi) is 8.94. The van der Waals surface area contributed by atoms with Crippen LogP contribution in [0.5, 0.6) is 5.75 Å². The van der Waals surface area contributed by atoms with E-state index >= 15 is 0 Å². The minimum absolute atomic E-state index is 0.0411. The number of hydrogen-bond acceptors (Lipinski definition) is 4. The summed E-state index contributed by atoms with van der Waals surface area (Å²) >= 11 is 5.99. The topological polar surface area (TPSA) is 54.5 Å². The quantitative estimate of drug-likeness (QED) is 0.271. The Bertz CT molecular complexity index is 1300. The monoisotopic (exact) mass is 581 g/mol. The fourth-order valence-corrected chi connectivity index (χ4v) is 3.75. The number of amides is 1. The van der Waals surface area contributed by atoms with Crippen molar-refractivity contribution in [3.63, 3.8) is 0 Å². The molecule has 0 radical (unpaired) electrons. The van der Waals surface area contributed by atoms with Gasteiger partial charge in [-0.25, -0.2) is 4.98 Å². The molecule has 3 rings (SSSR count). The van der Waals surface area contributed by atoms with Crippen molar-refractivity contribution < 1.29 is 44.7 Å². The summed E-state index contributed by atoms with van der Waals surface area (Å²) in [7, 11) is 1.50. The van der Waals surface area contributed by atoms with Crippen molar-refractivity contribution >= 4 is 23.3 Å². The van der Waals surface area contributed by atoms with Gasteiger partial charge >= 0.3 is 18.5 Å². The van der Waals surface area contributed by atoms with Gasteiger partial charge in [-0.05, 0) is 35.7 Å². The van der Waals surface area contributed by atoms with E-state index in [1.54, 1.807) is 0 Å². The van der Waals surface area contributed by atoms with Crippen LogP contribution >= 0.6 is 11.6 Å². The van der Waals surface area contributed by atoms with E-state index in [0.717, 1.165) is 24.3 Å². The van der Waals surface area contributed by atoms with Gasteiger partial charge in [-0.15, -0.1) is 13.2 Å². The number of pyridine rings is 1. The van der Waals surface area contributed by atoms with E-state index in [1.165, 1.54) is 36.3 Å². The molecule has 0 aliphatic rings. The van der Waals surface area contributed by atoms with E-state index in [2.05, 4.69) is 15.0 Å². The van der Waals surface area contributed by atoms with Gasteiger partial charge in [0.1, 0.15) is 11.6 Å². The van der Waals surface area contributed by atoms with Crippen LogP contribution in [0.2, 0.25) is 5.02 Å². The molecular formula is C25H20ClF8N3O2. The largest absolute Gasteiger partial charge is 0.573 e. The zero-order chi connectivity index (χ0) is 29.0. The molecule has 1 N–H and O–H groups in total. The van der Waals surface area contributed by atoms with Crippen LogP contribution in [0.25, 0.3) is 0 Å². The van der Waals surface area contributed by atoms with E-state index in [9.17, 15) is 39.9 Å². The first-order valence-electron chi connectivity index (χ1n) is 11.1. The van der Waals surface area contributed by atoms with Crippen molar-refractivity contribution in [1.29, 1.82) is 0 Å². The SMILES string of the molecule is CNc1ncc(Cl)cc1C(=O)N(CCc1cccc(OC(F)(F)F)c1)Cc1ccc(C(F)(F)C(F)(F)F)cc1. The molecule has 0 unspecified atom stereocenters. The average molecular weight is 582 g/mol. The molecule has 2 aromatic carbocycles. The molecule has 0 saturated carbocycles. The molecule has 39 heavy (non-hydrogen) atoms. The zero-order valence-corrected chi connectivity index (χ0v) is 20.8. The Labute approximate surface area is 222 Å². The van der Waals surface area contributed by atoms with E-state index in [1.807, 2.05) is 0 Å². The van der Waals surface area contributed by atoms with Crippen LogP contribution in [0, 0.1) is 0 Å². The predicted octanol–water partition coefficient (Wildman–Crippen LogP) is 7.21. The van der Waals surface area contributed by atoms with Gasteiger partial charge in [0.25, 0.3) is 5.91 Å². The highest BCUT2D eigenvalue weighted by Gasteiger charge is 2.58. The van der Waals surface area contributed by atoms with E-state index < -0.39 is 35.7 Å². The summed E-state index contributed by atoms with van der Waals surface area (Å²) in [6.07, 6.45) is -9.35. The summed E-state index contributed by atoms with van der Waals surface area (Å²) in [5, 5.41) is 2.87. The molecule has 0 aliphatic heterocycles.